The fourth-order valence-electron chi connectivity index (χ4n) is 2.46. The minimum atomic E-state index is -4.76. The van der Waals surface area contributed by atoms with Gasteiger partial charge in [-0.25, -0.2) is 14.1 Å². The van der Waals surface area contributed by atoms with Crippen molar-refractivity contribution in [2.24, 2.45) is 0 Å². The minimum absolute atomic E-state index is 0.298. The average molecular weight is 424 g/mol. The summed E-state index contributed by atoms with van der Waals surface area (Å²) in [5.41, 5.74) is 2.28. The molecule has 2 N–H and O–H groups in total. The number of benzene rings is 2. The largest absolute Gasteiger partial charge is 0.416 e. The Morgan fingerprint density at radius 3 is 2.43 bits per heavy atom. The lowest BCUT2D eigenvalue weighted by atomic mass is 10.1. The van der Waals surface area contributed by atoms with Crippen LogP contribution in [0.2, 0.25) is 0 Å². The van der Waals surface area contributed by atoms with Gasteiger partial charge in [0.25, 0.3) is 5.69 Å². The molecule has 13 heteroatoms. The van der Waals surface area contributed by atoms with Gasteiger partial charge in [-0.3, -0.25) is 25.8 Å². The third-order valence-corrected chi connectivity index (χ3v) is 3.88. The van der Waals surface area contributed by atoms with E-state index in [0.717, 1.165) is 6.07 Å². The summed E-state index contributed by atoms with van der Waals surface area (Å²) in [5, 5.41) is 15.0. The van der Waals surface area contributed by atoms with Crippen molar-refractivity contribution in [2.45, 2.75) is 13.1 Å². The number of halogens is 4. The average Bonchev–Trinajstić information content (AvgIpc) is 3.07. The van der Waals surface area contributed by atoms with Crippen LogP contribution in [-0.2, 0) is 6.18 Å². The van der Waals surface area contributed by atoms with Gasteiger partial charge in [0.2, 0.25) is 5.82 Å². The Bertz CT molecular complexity index is 1110. The summed E-state index contributed by atoms with van der Waals surface area (Å²) in [4.78, 5) is 26.3. The highest BCUT2D eigenvalue weighted by molar-refractivity contribution is 5.91. The Kier molecular flexibility index (Phi) is 5.36. The molecular weight excluding hydrogens is 412 g/mol. The van der Waals surface area contributed by atoms with Crippen molar-refractivity contribution in [1.29, 1.82) is 0 Å². The normalized spacial score (nSPS) is 11.2. The summed E-state index contributed by atoms with van der Waals surface area (Å²) in [5.74, 6) is -1.38. The van der Waals surface area contributed by atoms with Crippen molar-refractivity contribution in [1.82, 2.24) is 20.2 Å². The van der Waals surface area contributed by atoms with Crippen LogP contribution in [-0.4, -0.2) is 25.6 Å². The van der Waals surface area contributed by atoms with Crippen molar-refractivity contribution in [2.75, 3.05) is 5.43 Å². The molecule has 0 unspecified atom stereocenters. The number of hydrogen-bond donors (Lipinski definition) is 2. The van der Waals surface area contributed by atoms with E-state index in [1.807, 2.05) is 0 Å². The van der Waals surface area contributed by atoms with Gasteiger partial charge in [-0.05, 0) is 43.3 Å². The molecule has 9 nitrogen and oxygen atoms in total. The smallest absolute Gasteiger partial charge is 0.292 e. The van der Waals surface area contributed by atoms with Crippen molar-refractivity contribution in [3.63, 3.8) is 0 Å². The first kappa shape index (κ1) is 20.7. The summed E-state index contributed by atoms with van der Waals surface area (Å²) >= 11 is 0. The molecule has 3 aromatic rings. The van der Waals surface area contributed by atoms with E-state index in [9.17, 15) is 32.5 Å². The van der Waals surface area contributed by atoms with Crippen LogP contribution in [0, 0.1) is 22.9 Å². The Morgan fingerprint density at radius 1 is 1.17 bits per heavy atom. The molecule has 0 fully saturated rings. The summed E-state index contributed by atoms with van der Waals surface area (Å²) in [6, 6.07) is 7.03. The predicted molar refractivity (Wildman–Crippen MR) is 95.2 cm³/mol. The van der Waals surface area contributed by atoms with Crippen LogP contribution in [0.15, 0.2) is 42.5 Å². The van der Waals surface area contributed by atoms with Gasteiger partial charge in [0, 0.05) is 6.07 Å². The Morgan fingerprint density at radius 2 is 1.83 bits per heavy atom. The molecule has 3 rings (SSSR count). The number of nitro benzene ring substituents is 1. The van der Waals surface area contributed by atoms with E-state index in [1.165, 1.54) is 28.9 Å². The zero-order chi connectivity index (χ0) is 22.1. The molecule has 0 bridgehead atoms. The number of carbonyl (C=O) groups is 1. The summed E-state index contributed by atoms with van der Waals surface area (Å²) in [6.45, 7) is 1.54. The van der Waals surface area contributed by atoms with Crippen LogP contribution < -0.4 is 10.9 Å². The van der Waals surface area contributed by atoms with E-state index in [2.05, 4.69) is 20.9 Å². The number of carbonyl (C=O) groups excluding carboxylic acids is 1. The quantitative estimate of drug-likeness (QED) is 0.369. The van der Waals surface area contributed by atoms with Gasteiger partial charge in [0.1, 0.15) is 17.3 Å². The summed E-state index contributed by atoms with van der Waals surface area (Å²) in [7, 11) is 0. The van der Waals surface area contributed by atoms with E-state index in [4.69, 9.17) is 0 Å². The fourth-order valence-corrected chi connectivity index (χ4v) is 2.46. The van der Waals surface area contributed by atoms with Gasteiger partial charge in [0.05, 0.1) is 16.2 Å². The molecular formula is C17H12F4N6O3. The maximum atomic E-state index is 13.0. The van der Waals surface area contributed by atoms with Crippen molar-refractivity contribution in [3.8, 4) is 5.69 Å². The fraction of sp³-hybridized carbons (Fsp3) is 0.118. The lowest BCUT2D eigenvalue weighted by Crippen LogP contribution is -2.30. The minimum Gasteiger partial charge on any atom is -0.292 e. The van der Waals surface area contributed by atoms with Gasteiger partial charge in [-0.2, -0.15) is 13.2 Å². The SMILES string of the molecule is Cc1nc(C(=O)NNc2ccc(C(F)(F)F)cc2[N+](=O)[O-])nn1-c1ccc(F)cc1. The number of aromatic nitrogens is 3. The van der Waals surface area contributed by atoms with Crippen LogP contribution >= 0.6 is 0 Å². The van der Waals surface area contributed by atoms with E-state index in [1.54, 1.807) is 6.92 Å². The number of hydrazine groups is 1. The third-order valence-electron chi connectivity index (χ3n) is 3.88. The Labute approximate surface area is 165 Å². The molecule has 1 amide bonds. The number of nitro groups is 1. The monoisotopic (exact) mass is 424 g/mol. The maximum absolute atomic E-state index is 13.0. The van der Waals surface area contributed by atoms with Crippen molar-refractivity contribution >= 4 is 17.3 Å². The highest BCUT2D eigenvalue weighted by Crippen LogP contribution is 2.34. The molecule has 1 aromatic heterocycles. The summed E-state index contributed by atoms with van der Waals surface area (Å²) < 4.78 is 52.6. The molecule has 1 heterocycles. The van der Waals surface area contributed by atoms with Crippen LogP contribution in [0.1, 0.15) is 22.0 Å². The van der Waals surface area contributed by atoms with Crippen LogP contribution in [0.25, 0.3) is 5.69 Å². The topological polar surface area (TPSA) is 115 Å². The molecule has 0 saturated carbocycles. The van der Waals surface area contributed by atoms with Gasteiger partial charge in [-0.15, -0.1) is 5.10 Å². The number of nitrogens with zero attached hydrogens (tertiary/aromatic N) is 4. The summed E-state index contributed by atoms with van der Waals surface area (Å²) in [6.07, 6.45) is -4.76. The lowest BCUT2D eigenvalue weighted by molar-refractivity contribution is -0.384. The van der Waals surface area contributed by atoms with Crippen LogP contribution in [0.3, 0.4) is 0 Å². The molecule has 0 aliphatic carbocycles. The lowest BCUT2D eigenvalue weighted by Gasteiger charge is -2.10. The molecule has 0 radical (unpaired) electrons. The van der Waals surface area contributed by atoms with Gasteiger partial charge in [-0.1, -0.05) is 0 Å². The van der Waals surface area contributed by atoms with E-state index >= 15 is 0 Å². The number of aryl methyl sites for hydroxylation is 1. The number of rotatable bonds is 5. The highest BCUT2D eigenvalue weighted by atomic mass is 19.4. The van der Waals surface area contributed by atoms with E-state index in [-0.39, 0.29) is 11.5 Å². The zero-order valence-electron chi connectivity index (χ0n) is 15.1. The second-order valence-electron chi connectivity index (χ2n) is 5.94. The first-order valence-corrected chi connectivity index (χ1v) is 8.18. The molecule has 0 aliphatic rings. The number of anilines is 1. The van der Waals surface area contributed by atoms with Gasteiger partial charge < -0.3 is 0 Å². The number of alkyl halides is 3. The Balaban J connectivity index is 1.78. The Hall–Kier alpha value is -4.03. The molecule has 156 valence electrons. The van der Waals surface area contributed by atoms with Crippen molar-refractivity contribution in [3.05, 3.63) is 75.6 Å². The standard InChI is InChI=1S/C17H12F4N6O3/c1-9-22-15(25-26(9)12-5-3-11(18)4-6-12)16(28)24-23-13-7-2-10(17(19,20)21)8-14(13)27(29)30/h2-8,23H,1H3,(H,24,28). The van der Waals surface area contributed by atoms with Crippen molar-refractivity contribution < 1.29 is 27.3 Å². The molecule has 0 atom stereocenters. The van der Waals surface area contributed by atoms with E-state index < -0.39 is 34.1 Å². The molecule has 0 aliphatic heterocycles. The molecule has 30 heavy (non-hydrogen) atoms. The van der Waals surface area contributed by atoms with Gasteiger partial charge in [0.15, 0.2) is 0 Å². The van der Waals surface area contributed by atoms with Crippen LogP contribution in [0.5, 0.6) is 0 Å². The molecule has 0 saturated heterocycles. The highest BCUT2D eigenvalue weighted by Gasteiger charge is 2.33. The maximum Gasteiger partial charge on any atom is 0.416 e. The molecule has 2 aromatic carbocycles. The predicted octanol–water partition coefficient (Wildman–Crippen LogP) is 3.40. The first-order chi connectivity index (χ1) is 14.1. The van der Waals surface area contributed by atoms with Crippen LogP contribution in [0.4, 0.5) is 28.9 Å². The number of hydrogen-bond acceptors (Lipinski definition) is 6. The first-order valence-electron chi connectivity index (χ1n) is 8.18. The second-order valence-corrected chi connectivity index (χ2v) is 5.94. The zero-order valence-corrected chi connectivity index (χ0v) is 15.1. The third kappa shape index (κ3) is 4.34. The molecule has 0 spiro atoms. The number of amides is 1. The van der Waals surface area contributed by atoms with Gasteiger partial charge >= 0.3 is 12.1 Å². The van der Waals surface area contributed by atoms with E-state index in [0.29, 0.717) is 23.6 Å². The second kappa shape index (κ2) is 7.77. The number of nitrogens with one attached hydrogen (secondary N) is 2.